The van der Waals surface area contributed by atoms with Crippen LogP contribution < -0.4 is 15.4 Å². The van der Waals surface area contributed by atoms with Crippen molar-refractivity contribution in [1.82, 2.24) is 9.47 Å². The van der Waals surface area contributed by atoms with E-state index < -0.39 is 0 Å². The van der Waals surface area contributed by atoms with Crippen LogP contribution in [-0.2, 0) is 11.3 Å². The van der Waals surface area contributed by atoms with Crippen LogP contribution in [0, 0.1) is 24.1 Å². The fourth-order valence-corrected chi connectivity index (χ4v) is 6.59. The second-order valence-electron chi connectivity index (χ2n) is 10.1. The number of halogens is 1. The Morgan fingerprint density at radius 1 is 1.02 bits per heavy atom. The van der Waals surface area contributed by atoms with E-state index in [0.29, 0.717) is 77.5 Å². The summed E-state index contributed by atoms with van der Waals surface area (Å²) in [5, 5.41) is 9.90. The number of rotatable bonds is 10. The lowest BCUT2D eigenvalue weighted by molar-refractivity contribution is -0.122. The normalized spacial score (nSPS) is 16.8. The molecule has 0 atom stereocenters. The highest BCUT2D eigenvalue weighted by Gasteiger charge is 2.33. The third-order valence-corrected chi connectivity index (χ3v) is 8.83. The number of thiocarbonyl (C=S) groups is 1. The van der Waals surface area contributed by atoms with Gasteiger partial charge in [-0.1, -0.05) is 69.2 Å². The first-order valence-electron chi connectivity index (χ1n) is 14.0. The molecule has 3 heterocycles. The lowest BCUT2D eigenvalue weighted by Gasteiger charge is -2.39. The lowest BCUT2D eigenvalue weighted by atomic mass is 10.0. The zero-order valence-electron chi connectivity index (χ0n) is 23.4. The first-order valence-corrected chi connectivity index (χ1v) is 15.2. The molecular formula is C30H36FN5O2S2. The highest BCUT2D eigenvalue weighted by atomic mass is 32.2. The second kappa shape index (κ2) is 13.5. The predicted octanol–water partition coefficient (Wildman–Crippen LogP) is 5.69. The van der Waals surface area contributed by atoms with Gasteiger partial charge in [0.05, 0.1) is 10.6 Å². The molecule has 2 aliphatic heterocycles. The SMILES string of the molecule is CCCCCCN1C(=O)C(=Cc2c(C)c(C#N)c(=O)n(CCC)c2N2CCN(c3ccccc3F)CC2)SC1=S. The van der Waals surface area contributed by atoms with Crippen molar-refractivity contribution >= 4 is 51.8 Å². The van der Waals surface area contributed by atoms with Gasteiger partial charge in [0.1, 0.15) is 27.6 Å². The van der Waals surface area contributed by atoms with Crippen molar-refractivity contribution in [3.05, 3.63) is 62.0 Å². The van der Waals surface area contributed by atoms with Crippen LogP contribution in [0.25, 0.3) is 6.08 Å². The van der Waals surface area contributed by atoms with Crippen molar-refractivity contribution in [3.63, 3.8) is 0 Å². The summed E-state index contributed by atoms with van der Waals surface area (Å²) in [4.78, 5) is 33.2. The van der Waals surface area contributed by atoms with E-state index in [2.05, 4.69) is 17.9 Å². The molecule has 0 aliphatic carbocycles. The van der Waals surface area contributed by atoms with Crippen molar-refractivity contribution in [1.29, 1.82) is 5.26 Å². The Labute approximate surface area is 245 Å². The molecule has 10 heteroatoms. The van der Waals surface area contributed by atoms with Crippen LogP contribution >= 0.6 is 24.0 Å². The molecule has 4 rings (SSSR count). The van der Waals surface area contributed by atoms with Crippen LogP contribution in [0.15, 0.2) is 34.0 Å². The fraction of sp³-hybridized carbons (Fsp3) is 0.467. The van der Waals surface area contributed by atoms with E-state index in [4.69, 9.17) is 12.2 Å². The zero-order chi connectivity index (χ0) is 28.8. The molecule has 0 bridgehead atoms. The maximum absolute atomic E-state index is 14.5. The molecular weight excluding hydrogens is 545 g/mol. The summed E-state index contributed by atoms with van der Waals surface area (Å²) in [6.07, 6.45) is 6.68. The average Bonchev–Trinajstić information content (AvgIpc) is 3.22. The van der Waals surface area contributed by atoms with Gasteiger partial charge in [-0.05, 0) is 43.5 Å². The predicted molar refractivity (Wildman–Crippen MR) is 165 cm³/mol. The molecule has 2 saturated heterocycles. The summed E-state index contributed by atoms with van der Waals surface area (Å²) in [6, 6.07) is 8.84. The van der Waals surface area contributed by atoms with Gasteiger partial charge in [-0.25, -0.2) is 4.39 Å². The number of pyridine rings is 1. The number of para-hydroxylation sites is 1. The third kappa shape index (κ3) is 6.11. The second-order valence-corrected chi connectivity index (χ2v) is 11.8. The van der Waals surface area contributed by atoms with Crippen molar-refractivity contribution in [2.24, 2.45) is 0 Å². The van der Waals surface area contributed by atoms with Crippen molar-refractivity contribution < 1.29 is 9.18 Å². The highest BCUT2D eigenvalue weighted by Crippen LogP contribution is 2.36. The third-order valence-electron chi connectivity index (χ3n) is 7.45. The lowest BCUT2D eigenvalue weighted by Crippen LogP contribution is -2.49. The molecule has 212 valence electrons. The first-order chi connectivity index (χ1) is 19.3. The van der Waals surface area contributed by atoms with Crippen molar-refractivity contribution in [2.75, 3.05) is 42.5 Å². The topological polar surface area (TPSA) is 72.6 Å². The molecule has 2 fully saturated rings. The fourth-order valence-electron chi connectivity index (χ4n) is 5.30. The highest BCUT2D eigenvalue weighted by molar-refractivity contribution is 8.26. The monoisotopic (exact) mass is 581 g/mol. The van der Waals surface area contributed by atoms with Crippen molar-refractivity contribution in [3.8, 4) is 6.07 Å². The molecule has 0 radical (unpaired) electrons. The Kier molecular flexibility index (Phi) is 10.0. The van der Waals surface area contributed by atoms with Crippen molar-refractivity contribution in [2.45, 2.75) is 59.4 Å². The molecule has 40 heavy (non-hydrogen) atoms. The standard InChI is InChI=1S/C30H36FN5O2S2/c1-4-6-7-10-14-36-29(38)26(40-30(36)39)19-22-21(3)23(20-32)28(37)35(13-5-2)27(22)34-17-15-33(16-18-34)25-12-9-8-11-24(25)31/h8-9,11-12,19H,4-7,10,13-18H2,1-3H3. The van der Waals surface area contributed by atoms with Crippen LogP contribution in [0.4, 0.5) is 15.9 Å². The molecule has 7 nitrogen and oxygen atoms in total. The van der Waals surface area contributed by atoms with Gasteiger partial charge >= 0.3 is 0 Å². The smallest absolute Gasteiger partial charge is 0.270 e. The molecule has 0 saturated carbocycles. The van der Waals surface area contributed by atoms with Gasteiger partial charge in [-0.2, -0.15) is 5.26 Å². The number of hydrogen-bond acceptors (Lipinski definition) is 7. The maximum atomic E-state index is 14.5. The number of piperazine rings is 1. The number of amides is 1. The molecule has 1 aromatic carbocycles. The molecule has 2 aliphatic rings. The summed E-state index contributed by atoms with van der Waals surface area (Å²) >= 11 is 6.83. The molecule has 1 aromatic heterocycles. The van der Waals surface area contributed by atoms with Crippen LogP contribution in [0.2, 0.25) is 0 Å². The van der Waals surface area contributed by atoms with Gasteiger partial charge in [-0.3, -0.25) is 19.1 Å². The number of carbonyl (C=O) groups excluding carboxylic acids is 1. The van der Waals surface area contributed by atoms with E-state index in [0.717, 1.165) is 25.7 Å². The van der Waals surface area contributed by atoms with E-state index in [-0.39, 0.29) is 22.8 Å². The van der Waals surface area contributed by atoms with E-state index in [1.54, 1.807) is 28.5 Å². The minimum atomic E-state index is -0.325. The van der Waals surface area contributed by atoms with E-state index in [9.17, 15) is 19.2 Å². The number of nitriles is 1. The number of carbonyl (C=O) groups is 1. The minimum absolute atomic E-state index is 0.0866. The quantitative estimate of drug-likeness (QED) is 0.203. The molecule has 0 unspecified atom stereocenters. The van der Waals surface area contributed by atoms with Crippen LogP contribution in [-0.4, -0.2) is 52.4 Å². The Morgan fingerprint density at radius 3 is 2.38 bits per heavy atom. The number of benzene rings is 1. The van der Waals surface area contributed by atoms with Gasteiger partial charge < -0.3 is 9.80 Å². The molecule has 1 amide bonds. The number of unbranched alkanes of at least 4 members (excludes halogenated alkanes) is 3. The summed E-state index contributed by atoms with van der Waals surface area (Å²) < 4.78 is 16.7. The first kappa shape index (κ1) is 29.8. The zero-order valence-corrected chi connectivity index (χ0v) is 25.0. The number of hydrogen-bond donors (Lipinski definition) is 0. The molecule has 0 N–H and O–H groups in total. The Balaban J connectivity index is 1.72. The Morgan fingerprint density at radius 2 is 1.73 bits per heavy atom. The number of aromatic nitrogens is 1. The maximum Gasteiger partial charge on any atom is 0.270 e. The van der Waals surface area contributed by atoms with Crippen LogP contribution in [0.3, 0.4) is 0 Å². The van der Waals surface area contributed by atoms with Crippen LogP contribution in [0.1, 0.15) is 62.6 Å². The Hall–Kier alpha value is -3.16. The van der Waals surface area contributed by atoms with Gasteiger partial charge in [0.25, 0.3) is 11.5 Å². The van der Waals surface area contributed by atoms with Gasteiger partial charge in [0.2, 0.25) is 0 Å². The van der Waals surface area contributed by atoms with Gasteiger partial charge in [0.15, 0.2) is 0 Å². The summed E-state index contributed by atoms with van der Waals surface area (Å²) in [7, 11) is 0. The number of thioether (sulfide) groups is 1. The average molecular weight is 582 g/mol. The summed E-state index contributed by atoms with van der Waals surface area (Å²) in [5.74, 6) is 0.309. The van der Waals surface area contributed by atoms with E-state index >= 15 is 0 Å². The van der Waals surface area contributed by atoms with E-state index in [1.165, 1.54) is 17.8 Å². The van der Waals surface area contributed by atoms with Gasteiger partial charge in [-0.15, -0.1) is 0 Å². The van der Waals surface area contributed by atoms with Gasteiger partial charge in [0, 0.05) is 44.8 Å². The Bertz CT molecular complexity index is 1410. The molecule has 2 aromatic rings. The number of anilines is 2. The van der Waals surface area contributed by atoms with E-state index in [1.807, 2.05) is 24.0 Å². The summed E-state index contributed by atoms with van der Waals surface area (Å²) in [5.41, 5.74) is 1.57. The van der Waals surface area contributed by atoms with Crippen LogP contribution in [0.5, 0.6) is 0 Å². The molecule has 0 spiro atoms. The largest absolute Gasteiger partial charge is 0.366 e. The summed E-state index contributed by atoms with van der Waals surface area (Å²) in [6.45, 7) is 9.19. The minimum Gasteiger partial charge on any atom is -0.366 e. The number of nitrogens with zero attached hydrogens (tertiary/aromatic N) is 5.